The molecule has 24 heavy (non-hydrogen) atoms. The van der Waals surface area contributed by atoms with Gasteiger partial charge in [-0.15, -0.1) is 0 Å². The number of likely N-dealkylation sites (tertiary alicyclic amines) is 1. The lowest BCUT2D eigenvalue weighted by Gasteiger charge is -2.39. The van der Waals surface area contributed by atoms with Crippen molar-refractivity contribution in [2.75, 3.05) is 13.1 Å². The number of hydrogen-bond donors (Lipinski definition) is 1. The normalized spacial score (nSPS) is 20.9. The molecule has 2 atom stereocenters. The van der Waals surface area contributed by atoms with Crippen LogP contribution >= 0.6 is 0 Å². The van der Waals surface area contributed by atoms with Crippen LogP contribution in [-0.2, 0) is 0 Å². The van der Waals surface area contributed by atoms with Gasteiger partial charge in [-0.2, -0.15) is 0 Å². The SMILES string of the molecule is Cc1ccc(-c2ncccn2)c(C(=O)N2CCC[C@@H](C)[C@H]2CN)c1. The fraction of sp³-hybridized carbons (Fsp3) is 0.421. The molecule has 0 unspecified atom stereocenters. The van der Waals surface area contributed by atoms with Gasteiger partial charge in [0.2, 0.25) is 0 Å². The maximum Gasteiger partial charge on any atom is 0.254 e. The lowest BCUT2D eigenvalue weighted by atomic mass is 9.89. The summed E-state index contributed by atoms with van der Waals surface area (Å²) in [7, 11) is 0. The molecule has 3 rings (SSSR count). The Hall–Kier alpha value is -2.27. The molecule has 5 nitrogen and oxygen atoms in total. The molecule has 1 aromatic carbocycles. The molecular formula is C19H24N4O. The van der Waals surface area contributed by atoms with Crippen molar-refractivity contribution in [1.82, 2.24) is 14.9 Å². The molecule has 2 heterocycles. The van der Waals surface area contributed by atoms with Gasteiger partial charge < -0.3 is 10.6 Å². The van der Waals surface area contributed by atoms with E-state index < -0.39 is 0 Å². The highest BCUT2D eigenvalue weighted by Crippen LogP contribution is 2.28. The molecule has 5 heteroatoms. The molecule has 0 radical (unpaired) electrons. The van der Waals surface area contributed by atoms with Gasteiger partial charge in [-0.1, -0.05) is 24.6 Å². The highest BCUT2D eigenvalue weighted by atomic mass is 16.2. The van der Waals surface area contributed by atoms with Crippen LogP contribution in [0.25, 0.3) is 11.4 Å². The standard InChI is InChI=1S/C19H24N4O/c1-13-6-7-15(18-21-8-4-9-22-18)16(11-13)19(24)23-10-3-5-14(2)17(23)12-20/h4,6-9,11,14,17H,3,5,10,12,20H2,1-2H3/t14-,17-/m1/s1. The fourth-order valence-electron chi connectivity index (χ4n) is 3.48. The Kier molecular flexibility index (Phi) is 4.90. The fourth-order valence-corrected chi connectivity index (χ4v) is 3.48. The maximum atomic E-state index is 13.3. The first-order valence-electron chi connectivity index (χ1n) is 8.51. The van der Waals surface area contributed by atoms with Crippen molar-refractivity contribution in [2.24, 2.45) is 11.7 Å². The summed E-state index contributed by atoms with van der Waals surface area (Å²) >= 11 is 0. The molecule has 1 saturated heterocycles. The van der Waals surface area contributed by atoms with Crippen LogP contribution in [0.2, 0.25) is 0 Å². The molecule has 126 valence electrons. The quantitative estimate of drug-likeness (QED) is 0.942. The summed E-state index contributed by atoms with van der Waals surface area (Å²) in [6.07, 6.45) is 5.53. The van der Waals surface area contributed by atoms with Crippen molar-refractivity contribution < 1.29 is 4.79 Å². The van der Waals surface area contributed by atoms with Crippen molar-refractivity contribution in [2.45, 2.75) is 32.7 Å². The van der Waals surface area contributed by atoms with Gasteiger partial charge in [0.25, 0.3) is 5.91 Å². The summed E-state index contributed by atoms with van der Waals surface area (Å²) in [6.45, 7) is 5.42. The monoisotopic (exact) mass is 324 g/mol. The van der Waals surface area contributed by atoms with E-state index in [1.54, 1.807) is 18.5 Å². The molecule has 0 bridgehead atoms. The number of aromatic nitrogens is 2. The zero-order chi connectivity index (χ0) is 17.1. The first-order valence-corrected chi connectivity index (χ1v) is 8.51. The molecular weight excluding hydrogens is 300 g/mol. The van der Waals surface area contributed by atoms with Crippen LogP contribution in [0.3, 0.4) is 0 Å². The van der Waals surface area contributed by atoms with Crippen LogP contribution in [0, 0.1) is 12.8 Å². The van der Waals surface area contributed by atoms with Crippen molar-refractivity contribution in [3.63, 3.8) is 0 Å². The summed E-state index contributed by atoms with van der Waals surface area (Å²) in [5.74, 6) is 1.03. The summed E-state index contributed by atoms with van der Waals surface area (Å²) in [6, 6.07) is 7.72. The number of amides is 1. The van der Waals surface area contributed by atoms with Gasteiger partial charge in [-0.3, -0.25) is 4.79 Å². The Morgan fingerprint density at radius 3 is 2.79 bits per heavy atom. The lowest BCUT2D eigenvalue weighted by molar-refractivity contribution is 0.0533. The first kappa shape index (κ1) is 16.6. The average Bonchev–Trinajstić information content (AvgIpc) is 2.61. The van der Waals surface area contributed by atoms with E-state index in [1.807, 2.05) is 30.0 Å². The second kappa shape index (κ2) is 7.09. The lowest BCUT2D eigenvalue weighted by Crippen LogP contribution is -2.51. The first-order chi connectivity index (χ1) is 11.6. The highest BCUT2D eigenvalue weighted by Gasteiger charge is 2.32. The van der Waals surface area contributed by atoms with Gasteiger partial charge in [-0.05, 0) is 37.8 Å². The summed E-state index contributed by atoms with van der Waals surface area (Å²) in [5, 5.41) is 0. The van der Waals surface area contributed by atoms with Crippen molar-refractivity contribution in [1.29, 1.82) is 0 Å². The predicted octanol–water partition coefficient (Wildman–Crippen LogP) is 2.65. The Morgan fingerprint density at radius 1 is 1.33 bits per heavy atom. The van der Waals surface area contributed by atoms with Crippen LogP contribution < -0.4 is 5.73 Å². The largest absolute Gasteiger partial charge is 0.334 e. The zero-order valence-corrected chi connectivity index (χ0v) is 14.3. The van der Waals surface area contributed by atoms with E-state index in [4.69, 9.17) is 5.73 Å². The third-order valence-corrected chi connectivity index (χ3v) is 4.83. The minimum atomic E-state index is 0.0307. The molecule has 2 N–H and O–H groups in total. The molecule has 1 aromatic heterocycles. The second-order valence-electron chi connectivity index (χ2n) is 6.54. The van der Waals surface area contributed by atoms with Crippen molar-refractivity contribution in [3.8, 4) is 11.4 Å². The average molecular weight is 324 g/mol. The molecule has 1 aliphatic rings. The summed E-state index contributed by atoms with van der Waals surface area (Å²) in [4.78, 5) is 23.8. The molecule has 1 fully saturated rings. The van der Waals surface area contributed by atoms with E-state index in [1.165, 1.54) is 0 Å². The van der Waals surface area contributed by atoms with Crippen molar-refractivity contribution >= 4 is 5.91 Å². The number of nitrogens with zero attached hydrogens (tertiary/aromatic N) is 3. The Balaban J connectivity index is 2.02. The third-order valence-electron chi connectivity index (χ3n) is 4.83. The van der Waals surface area contributed by atoms with E-state index in [9.17, 15) is 4.79 Å². The Labute approximate surface area is 142 Å². The molecule has 1 aliphatic heterocycles. The van der Waals surface area contributed by atoms with E-state index in [0.29, 0.717) is 23.9 Å². The molecule has 0 aliphatic carbocycles. The Bertz CT molecular complexity index is 717. The molecule has 1 amide bonds. The maximum absolute atomic E-state index is 13.3. The molecule has 2 aromatic rings. The number of rotatable bonds is 3. The van der Waals surface area contributed by atoms with Gasteiger partial charge in [0.1, 0.15) is 0 Å². The van der Waals surface area contributed by atoms with Gasteiger partial charge >= 0.3 is 0 Å². The van der Waals surface area contributed by atoms with Crippen molar-refractivity contribution in [3.05, 3.63) is 47.8 Å². The van der Waals surface area contributed by atoms with Crippen LogP contribution in [0.5, 0.6) is 0 Å². The number of nitrogens with two attached hydrogens (primary N) is 1. The van der Waals surface area contributed by atoms with Crippen LogP contribution in [0.1, 0.15) is 35.7 Å². The van der Waals surface area contributed by atoms with Gasteiger partial charge in [0, 0.05) is 37.1 Å². The van der Waals surface area contributed by atoms with Crippen LogP contribution in [0.4, 0.5) is 0 Å². The van der Waals surface area contributed by atoms with Gasteiger partial charge in [0.05, 0.1) is 5.56 Å². The molecule has 0 saturated carbocycles. The Morgan fingerprint density at radius 2 is 2.08 bits per heavy atom. The van der Waals surface area contributed by atoms with Gasteiger partial charge in [0.15, 0.2) is 5.82 Å². The van der Waals surface area contributed by atoms with E-state index in [0.717, 1.165) is 30.5 Å². The summed E-state index contributed by atoms with van der Waals surface area (Å²) < 4.78 is 0. The minimum Gasteiger partial charge on any atom is -0.334 e. The highest BCUT2D eigenvalue weighted by molar-refractivity contribution is 6.00. The number of aryl methyl sites for hydroxylation is 1. The van der Waals surface area contributed by atoms with Crippen LogP contribution in [0.15, 0.2) is 36.7 Å². The topological polar surface area (TPSA) is 72.1 Å². The predicted molar refractivity (Wildman–Crippen MR) is 94.5 cm³/mol. The van der Waals surface area contributed by atoms with Crippen LogP contribution in [-0.4, -0.2) is 39.9 Å². The smallest absolute Gasteiger partial charge is 0.254 e. The minimum absolute atomic E-state index is 0.0307. The third kappa shape index (κ3) is 3.17. The number of benzene rings is 1. The summed E-state index contributed by atoms with van der Waals surface area (Å²) in [5.41, 5.74) is 8.45. The van der Waals surface area contributed by atoms with Gasteiger partial charge in [-0.25, -0.2) is 9.97 Å². The van der Waals surface area contributed by atoms with E-state index >= 15 is 0 Å². The number of carbonyl (C=O) groups is 1. The second-order valence-corrected chi connectivity index (χ2v) is 6.54. The number of carbonyl (C=O) groups excluding carboxylic acids is 1. The molecule has 0 spiro atoms. The van der Waals surface area contributed by atoms with E-state index in [2.05, 4.69) is 16.9 Å². The number of hydrogen-bond acceptors (Lipinski definition) is 4. The number of piperidine rings is 1. The zero-order valence-electron chi connectivity index (χ0n) is 14.3. The van der Waals surface area contributed by atoms with E-state index in [-0.39, 0.29) is 11.9 Å².